The second-order valence-corrected chi connectivity index (χ2v) is 7.87. The Morgan fingerprint density at radius 2 is 1.43 bits per heavy atom. The van der Waals surface area contributed by atoms with Crippen molar-refractivity contribution in [3.8, 4) is 0 Å². The zero-order chi connectivity index (χ0) is 21.6. The van der Waals surface area contributed by atoms with Gasteiger partial charge in [0.15, 0.2) is 0 Å². The molecule has 0 radical (unpaired) electrons. The zero-order valence-corrected chi connectivity index (χ0v) is 17.9. The van der Waals surface area contributed by atoms with E-state index in [1.165, 1.54) is 17.7 Å². The van der Waals surface area contributed by atoms with Crippen LogP contribution in [-0.4, -0.2) is 60.2 Å². The van der Waals surface area contributed by atoms with Gasteiger partial charge >= 0.3 is 6.18 Å². The van der Waals surface area contributed by atoms with Crippen molar-refractivity contribution >= 4 is 0 Å². The fraction of sp³-hybridized carbons (Fsp3) is 0.500. The molecule has 3 nitrogen and oxygen atoms in total. The third-order valence-corrected chi connectivity index (χ3v) is 5.98. The molecule has 0 N–H and O–H groups in total. The zero-order valence-electron chi connectivity index (χ0n) is 17.9. The van der Waals surface area contributed by atoms with Crippen LogP contribution in [0.15, 0.2) is 54.6 Å². The van der Waals surface area contributed by atoms with Crippen LogP contribution in [0.25, 0.3) is 0 Å². The Bertz CT molecular complexity index is 767. The molecule has 0 bridgehead atoms. The van der Waals surface area contributed by atoms with Gasteiger partial charge in [-0.25, -0.2) is 10.0 Å². The van der Waals surface area contributed by atoms with E-state index in [-0.39, 0.29) is 6.04 Å². The Labute approximate surface area is 178 Å². The van der Waals surface area contributed by atoms with Crippen molar-refractivity contribution in [3.05, 3.63) is 71.3 Å². The van der Waals surface area contributed by atoms with Gasteiger partial charge in [0.1, 0.15) is 0 Å². The van der Waals surface area contributed by atoms with Crippen LogP contribution in [0, 0.1) is 0 Å². The molecule has 2 aromatic rings. The first-order chi connectivity index (χ1) is 14.4. The molecule has 164 valence electrons. The number of rotatable bonds is 8. The highest BCUT2D eigenvalue weighted by Crippen LogP contribution is 2.30. The first kappa shape index (κ1) is 22.8. The molecule has 1 heterocycles. The normalized spacial score (nSPS) is 17.4. The largest absolute Gasteiger partial charge is 0.416 e. The summed E-state index contributed by atoms with van der Waals surface area (Å²) >= 11 is 0. The minimum absolute atomic E-state index is 0.176. The highest BCUT2D eigenvalue weighted by molar-refractivity contribution is 5.27. The highest BCUT2D eigenvalue weighted by atomic mass is 19.4. The molecule has 2 aromatic carbocycles. The second-order valence-electron chi connectivity index (χ2n) is 7.87. The summed E-state index contributed by atoms with van der Waals surface area (Å²) in [5.74, 6) is 0. The summed E-state index contributed by atoms with van der Waals surface area (Å²) in [6.45, 7) is 10.1. The molecule has 1 fully saturated rings. The van der Waals surface area contributed by atoms with Crippen molar-refractivity contribution in [1.82, 2.24) is 14.9 Å². The standard InChI is InChI=1S/C24H32F3N3/c1-3-29(4-2)30-15-13-28(14-16-30)23(18-20-9-6-5-7-10-20)19-21-11-8-12-22(17-21)24(25,26)27/h5-12,17,23H,3-4,13-16,18-19H2,1-2H3. The highest BCUT2D eigenvalue weighted by Gasteiger charge is 2.31. The Hall–Kier alpha value is -1.89. The van der Waals surface area contributed by atoms with Gasteiger partial charge < -0.3 is 0 Å². The van der Waals surface area contributed by atoms with Gasteiger partial charge in [0.25, 0.3) is 0 Å². The SMILES string of the molecule is CCN(CC)N1CCN(C(Cc2ccccc2)Cc2cccc(C(F)(F)F)c2)CC1. The van der Waals surface area contributed by atoms with E-state index in [2.05, 4.69) is 40.9 Å². The lowest BCUT2D eigenvalue weighted by atomic mass is 9.96. The Balaban J connectivity index is 1.75. The van der Waals surface area contributed by atoms with Crippen molar-refractivity contribution in [2.24, 2.45) is 0 Å². The molecule has 1 atom stereocenters. The van der Waals surface area contributed by atoms with E-state index in [9.17, 15) is 13.2 Å². The third kappa shape index (κ3) is 6.06. The molecule has 6 heteroatoms. The van der Waals surface area contributed by atoms with Crippen LogP contribution in [0.5, 0.6) is 0 Å². The Morgan fingerprint density at radius 1 is 0.833 bits per heavy atom. The number of hydrogen-bond acceptors (Lipinski definition) is 3. The van der Waals surface area contributed by atoms with Gasteiger partial charge in [0.2, 0.25) is 0 Å². The molecule has 0 saturated carbocycles. The average Bonchev–Trinajstić information content (AvgIpc) is 2.75. The summed E-state index contributed by atoms with van der Waals surface area (Å²) in [4.78, 5) is 2.45. The van der Waals surface area contributed by atoms with E-state index in [0.29, 0.717) is 6.42 Å². The Kier molecular flexibility index (Phi) is 7.92. The summed E-state index contributed by atoms with van der Waals surface area (Å²) in [5, 5.41) is 4.76. The maximum absolute atomic E-state index is 13.2. The number of alkyl halides is 3. The number of halogens is 3. The summed E-state index contributed by atoms with van der Waals surface area (Å²) in [6.07, 6.45) is -2.85. The molecule has 30 heavy (non-hydrogen) atoms. The molecular formula is C24H32F3N3. The monoisotopic (exact) mass is 419 g/mol. The summed E-state index contributed by atoms with van der Waals surface area (Å²) in [5.41, 5.74) is 1.40. The molecule has 3 rings (SSSR count). The van der Waals surface area contributed by atoms with Gasteiger partial charge in [0, 0.05) is 45.3 Å². The van der Waals surface area contributed by atoms with Gasteiger partial charge in [-0.2, -0.15) is 13.2 Å². The molecule has 1 unspecified atom stereocenters. The van der Waals surface area contributed by atoms with Crippen molar-refractivity contribution in [2.45, 2.75) is 38.9 Å². The molecule has 0 spiro atoms. The van der Waals surface area contributed by atoms with Gasteiger partial charge in [-0.05, 0) is 30.0 Å². The lowest BCUT2D eigenvalue weighted by molar-refractivity contribution is -0.137. The predicted octanol–water partition coefficient (Wildman–Crippen LogP) is 4.73. The molecular weight excluding hydrogens is 387 g/mol. The van der Waals surface area contributed by atoms with Crippen LogP contribution >= 0.6 is 0 Å². The lowest BCUT2D eigenvalue weighted by Gasteiger charge is -2.43. The third-order valence-electron chi connectivity index (χ3n) is 5.98. The van der Waals surface area contributed by atoms with Crippen LogP contribution < -0.4 is 0 Å². The molecule has 0 aliphatic carbocycles. The van der Waals surface area contributed by atoms with Gasteiger partial charge in [-0.3, -0.25) is 4.90 Å². The first-order valence-corrected chi connectivity index (χ1v) is 10.8. The van der Waals surface area contributed by atoms with E-state index in [4.69, 9.17) is 0 Å². The van der Waals surface area contributed by atoms with Crippen LogP contribution in [0.1, 0.15) is 30.5 Å². The maximum atomic E-state index is 13.2. The van der Waals surface area contributed by atoms with Crippen molar-refractivity contribution < 1.29 is 13.2 Å². The summed E-state index contributed by atoms with van der Waals surface area (Å²) in [6, 6.07) is 16.2. The molecule has 0 amide bonds. The van der Waals surface area contributed by atoms with E-state index in [1.807, 2.05) is 24.3 Å². The first-order valence-electron chi connectivity index (χ1n) is 10.8. The minimum atomic E-state index is -4.31. The minimum Gasteiger partial charge on any atom is -0.297 e. The number of hydrogen-bond donors (Lipinski definition) is 0. The summed E-state index contributed by atoms with van der Waals surface area (Å²) < 4.78 is 39.5. The topological polar surface area (TPSA) is 9.72 Å². The van der Waals surface area contributed by atoms with E-state index in [0.717, 1.165) is 57.3 Å². The van der Waals surface area contributed by atoms with Crippen LogP contribution in [0.3, 0.4) is 0 Å². The van der Waals surface area contributed by atoms with Crippen molar-refractivity contribution in [2.75, 3.05) is 39.3 Å². The smallest absolute Gasteiger partial charge is 0.297 e. The fourth-order valence-electron chi connectivity index (χ4n) is 4.35. The Morgan fingerprint density at radius 3 is 2.03 bits per heavy atom. The van der Waals surface area contributed by atoms with Gasteiger partial charge in [0.05, 0.1) is 5.56 Å². The van der Waals surface area contributed by atoms with E-state index >= 15 is 0 Å². The molecule has 1 aliphatic heterocycles. The second kappa shape index (κ2) is 10.4. The van der Waals surface area contributed by atoms with E-state index in [1.54, 1.807) is 0 Å². The van der Waals surface area contributed by atoms with Crippen LogP contribution in [-0.2, 0) is 19.0 Å². The van der Waals surface area contributed by atoms with E-state index < -0.39 is 11.7 Å². The van der Waals surface area contributed by atoms with Crippen molar-refractivity contribution in [1.29, 1.82) is 0 Å². The predicted molar refractivity (Wildman–Crippen MR) is 115 cm³/mol. The number of piperazine rings is 1. The average molecular weight is 420 g/mol. The molecule has 1 saturated heterocycles. The number of benzene rings is 2. The quantitative estimate of drug-likeness (QED) is 0.612. The summed E-state index contributed by atoms with van der Waals surface area (Å²) in [7, 11) is 0. The van der Waals surface area contributed by atoms with Gasteiger partial charge in [-0.15, -0.1) is 0 Å². The maximum Gasteiger partial charge on any atom is 0.416 e. The van der Waals surface area contributed by atoms with Crippen molar-refractivity contribution in [3.63, 3.8) is 0 Å². The molecule has 0 aromatic heterocycles. The molecule has 1 aliphatic rings. The lowest BCUT2D eigenvalue weighted by Crippen LogP contribution is -2.56. The number of hydrazine groups is 1. The fourth-order valence-corrected chi connectivity index (χ4v) is 4.35. The van der Waals surface area contributed by atoms with Gasteiger partial charge in [-0.1, -0.05) is 62.4 Å². The number of nitrogens with zero attached hydrogens (tertiary/aromatic N) is 3. The van der Waals surface area contributed by atoms with Crippen LogP contribution in [0.4, 0.5) is 13.2 Å². The van der Waals surface area contributed by atoms with Crippen LogP contribution in [0.2, 0.25) is 0 Å².